The van der Waals surface area contributed by atoms with Gasteiger partial charge in [-0.05, 0) is 43.2 Å². The SMILES string of the molecule is Cc1ccc(NC(=O)c2ccnc(OC3CCOCC3)c2)cc1C. The highest BCUT2D eigenvalue weighted by molar-refractivity contribution is 6.04. The lowest BCUT2D eigenvalue weighted by molar-refractivity contribution is 0.0237. The van der Waals surface area contributed by atoms with Crippen LogP contribution < -0.4 is 10.1 Å². The van der Waals surface area contributed by atoms with Gasteiger partial charge in [0.15, 0.2) is 0 Å². The van der Waals surface area contributed by atoms with Crippen molar-refractivity contribution in [3.63, 3.8) is 0 Å². The monoisotopic (exact) mass is 326 g/mol. The second-order valence-electron chi connectivity index (χ2n) is 6.07. The topological polar surface area (TPSA) is 60.5 Å². The number of nitrogens with zero attached hydrogens (tertiary/aromatic N) is 1. The number of benzene rings is 1. The number of aryl methyl sites for hydroxylation is 2. The molecular weight excluding hydrogens is 304 g/mol. The van der Waals surface area contributed by atoms with Gasteiger partial charge in [-0.25, -0.2) is 4.98 Å². The van der Waals surface area contributed by atoms with Crippen molar-refractivity contribution in [2.45, 2.75) is 32.8 Å². The van der Waals surface area contributed by atoms with Gasteiger partial charge in [-0.15, -0.1) is 0 Å². The second-order valence-corrected chi connectivity index (χ2v) is 6.07. The Hall–Kier alpha value is -2.40. The van der Waals surface area contributed by atoms with Gasteiger partial charge in [0.05, 0.1) is 13.2 Å². The van der Waals surface area contributed by atoms with Crippen LogP contribution in [0.1, 0.15) is 34.3 Å². The molecule has 0 unspecified atom stereocenters. The molecule has 2 heterocycles. The molecule has 3 rings (SSSR count). The number of nitrogens with one attached hydrogen (secondary N) is 1. The van der Waals surface area contributed by atoms with E-state index in [0.29, 0.717) is 24.7 Å². The normalized spacial score (nSPS) is 15.1. The van der Waals surface area contributed by atoms with Crippen LogP contribution >= 0.6 is 0 Å². The van der Waals surface area contributed by atoms with Crippen LogP contribution in [-0.4, -0.2) is 30.2 Å². The third kappa shape index (κ3) is 4.11. The molecular formula is C19H22N2O3. The van der Waals surface area contributed by atoms with Crippen LogP contribution in [0.25, 0.3) is 0 Å². The smallest absolute Gasteiger partial charge is 0.255 e. The van der Waals surface area contributed by atoms with Crippen LogP contribution in [0.15, 0.2) is 36.5 Å². The molecule has 0 spiro atoms. The fourth-order valence-corrected chi connectivity index (χ4v) is 2.60. The van der Waals surface area contributed by atoms with Crippen molar-refractivity contribution < 1.29 is 14.3 Å². The predicted octanol–water partition coefficient (Wildman–Crippen LogP) is 3.51. The Kier molecular flexibility index (Phi) is 5.11. The minimum absolute atomic E-state index is 0.101. The Morgan fingerprint density at radius 2 is 1.96 bits per heavy atom. The summed E-state index contributed by atoms with van der Waals surface area (Å²) >= 11 is 0. The van der Waals surface area contributed by atoms with Gasteiger partial charge >= 0.3 is 0 Å². The van der Waals surface area contributed by atoms with E-state index >= 15 is 0 Å². The van der Waals surface area contributed by atoms with E-state index < -0.39 is 0 Å². The summed E-state index contributed by atoms with van der Waals surface area (Å²) in [6.07, 6.45) is 3.40. The van der Waals surface area contributed by atoms with Crippen molar-refractivity contribution in [2.75, 3.05) is 18.5 Å². The summed E-state index contributed by atoms with van der Waals surface area (Å²) in [6, 6.07) is 9.24. The number of hydrogen-bond donors (Lipinski definition) is 1. The molecule has 5 heteroatoms. The maximum Gasteiger partial charge on any atom is 0.255 e. The highest BCUT2D eigenvalue weighted by Gasteiger charge is 2.16. The van der Waals surface area contributed by atoms with Gasteiger partial charge in [-0.3, -0.25) is 4.79 Å². The summed E-state index contributed by atoms with van der Waals surface area (Å²) in [5, 5.41) is 2.91. The first kappa shape index (κ1) is 16.5. The van der Waals surface area contributed by atoms with E-state index in [-0.39, 0.29) is 12.0 Å². The second kappa shape index (κ2) is 7.45. The number of rotatable bonds is 4. The fourth-order valence-electron chi connectivity index (χ4n) is 2.60. The molecule has 1 N–H and O–H groups in total. The first-order valence-corrected chi connectivity index (χ1v) is 8.21. The van der Waals surface area contributed by atoms with Crippen LogP contribution in [0.5, 0.6) is 5.88 Å². The van der Waals surface area contributed by atoms with Crippen LogP contribution in [0, 0.1) is 13.8 Å². The highest BCUT2D eigenvalue weighted by Crippen LogP contribution is 2.19. The number of carbonyl (C=O) groups is 1. The summed E-state index contributed by atoms with van der Waals surface area (Å²) in [7, 11) is 0. The molecule has 1 fully saturated rings. The van der Waals surface area contributed by atoms with Crippen LogP contribution in [0.3, 0.4) is 0 Å². The van der Waals surface area contributed by atoms with Crippen molar-refractivity contribution in [1.82, 2.24) is 4.98 Å². The standard InChI is InChI=1S/C19H22N2O3/c1-13-3-4-16(11-14(13)2)21-19(22)15-5-8-20-18(12-15)24-17-6-9-23-10-7-17/h3-5,8,11-12,17H,6-7,9-10H2,1-2H3,(H,21,22). The van der Waals surface area contributed by atoms with Crippen LogP contribution in [0.2, 0.25) is 0 Å². The zero-order chi connectivity index (χ0) is 16.9. The number of amides is 1. The summed E-state index contributed by atoms with van der Waals surface area (Å²) in [4.78, 5) is 16.6. The van der Waals surface area contributed by atoms with Crippen molar-refractivity contribution in [3.05, 3.63) is 53.2 Å². The van der Waals surface area contributed by atoms with Gasteiger partial charge in [-0.1, -0.05) is 6.07 Å². The van der Waals surface area contributed by atoms with Crippen LogP contribution in [0.4, 0.5) is 5.69 Å². The minimum Gasteiger partial charge on any atom is -0.474 e. The Labute approximate surface area is 142 Å². The van der Waals surface area contributed by atoms with E-state index in [4.69, 9.17) is 9.47 Å². The first-order chi connectivity index (χ1) is 11.6. The maximum atomic E-state index is 12.4. The molecule has 0 bridgehead atoms. The molecule has 0 radical (unpaired) electrons. The van der Waals surface area contributed by atoms with E-state index in [1.165, 1.54) is 5.56 Å². The van der Waals surface area contributed by atoms with Crippen molar-refractivity contribution in [3.8, 4) is 5.88 Å². The van der Waals surface area contributed by atoms with E-state index in [1.807, 2.05) is 32.0 Å². The van der Waals surface area contributed by atoms with E-state index in [2.05, 4.69) is 10.3 Å². The van der Waals surface area contributed by atoms with Crippen molar-refractivity contribution in [2.24, 2.45) is 0 Å². The molecule has 1 saturated heterocycles. The Morgan fingerprint density at radius 3 is 2.71 bits per heavy atom. The molecule has 1 aliphatic heterocycles. The summed E-state index contributed by atoms with van der Waals surface area (Å²) in [5.74, 6) is 0.312. The lowest BCUT2D eigenvalue weighted by Gasteiger charge is -2.22. The fraction of sp³-hybridized carbons (Fsp3) is 0.368. The van der Waals surface area contributed by atoms with E-state index in [9.17, 15) is 4.79 Å². The quantitative estimate of drug-likeness (QED) is 0.934. The minimum atomic E-state index is -0.169. The summed E-state index contributed by atoms with van der Waals surface area (Å²) in [5.41, 5.74) is 3.66. The molecule has 1 aliphatic rings. The maximum absolute atomic E-state index is 12.4. The Morgan fingerprint density at radius 1 is 1.17 bits per heavy atom. The zero-order valence-electron chi connectivity index (χ0n) is 14.0. The summed E-state index contributed by atoms with van der Waals surface area (Å²) in [6.45, 7) is 5.48. The average Bonchev–Trinajstić information content (AvgIpc) is 2.59. The lowest BCUT2D eigenvalue weighted by Crippen LogP contribution is -2.26. The van der Waals surface area contributed by atoms with Gasteiger partial charge in [0.25, 0.3) is 5.91 Å². The van der Waals surface area contributed by atoms with Gasteiger partial charge in [0, 0.05) is 36.4 Å². The molecule has 2 aromatic rings. The molecule has 1 aromatic carbocycles. The number of aromatic nitrogens is 1. The third-order valence-corrected chi connectivity index (χ3v) is 4.22. The molecule has 0 saturated carbocycles. The van der Waals surface area contributed by atoms with Gasteiger partial charge in [0.1, 0.15) is 6.10 Å². The van der Waals surface area contributed by atoms with Crippen molar-refractivity contribution in [1.29, 1.82) is 0 Å². The van der Waals surface area contributed by atoms with Gasteiger partial charge in [-0.2, -0.15) is 0 Å². The number of hydrogen-bond acceptors (Lipinski definition) is 4. The highest BCUT2D eigenvalue weighted by atomic mass is 16.5. The van der Waals surface area contributed by atoms with Gasteiger partial charge in [0.2, 0.25) is 5.88 Å². The number of ether oxygens (including phenoxy) is 2. The Bertz CT molecular complexity index is 724. The lowest BCUT2D eigenvalue weighted by atomic mass is 10.1. The average molecular weight is 326 g/mol. The molecule has 1 aromatic heterocycles. The molecule has 5 nitrogen and oxygen atoms in total. The molecule has 1 amide bonds. The zero-order valence-corrected chi connectivity index (χ0v) is 14.0. The largest absolute Gasteiger partial charge is 0.474 e. The predicted molar refractivity (Wildman–Crippen MR) is 92.6 cm³/mol. The van der Waals surface area contributed by atoms with E-state index in [0.717, 1.165) is 24.1 Å². The van der Waals surface area contributed by atoms with Crippen molar-refractivity contribution >= 4 is 11.6 Å². The van der Waals surface area contributed by atoms with Gasteiger partial charge < -0.3 is 14.8 Å². The Balaban J connectivity index is 1.68. The molecule has 0 aliphatic carbocycles. The number of carbonyl (C=O) groups excluding carboxylic acids is 1. The third-order valence-electron chi connectivity index (χ3n) is 4.22. The molecule has 0 atom stereocenters. The molecule has 126 valence electrons. The first-order valence-electron chi connectivity index (χ1n) is 8.21. The van der Waals surface area contributed by atoms with E-state index in [1.54, 1.807) is 18.3 Å². The number of pyridine rings is 1. The number of anilines is 1. The summed E-state index contributed by atoms with van der Waals surface area (Å²) < 4.78 is 11.2. The van der Waals surface area contributed by atoms with Crippen LogP contribution in [-0.2, 0) is 4.74 Å². The molecule has 24 heavy (non-hydrogen) atoms.